The van der Waals surface area contributed by atoms with Crippen molar-refractivity contribution in [2.75, 3.05) is 33.8 Å². The molecule has 0 saturated heterocycles. The molecule has 1 aromatic rings. The Labute approximate surface area is 106 Å². The van der Waals surface area contributed by atoms with E-state index in [-0.39, 0.29) is 12.5 Å². The molecule has 1 heterocycles. The first-order valence-corrected chi connectivity index (χ1v) is 5.82. The van der Waals surface area contributed by atoms with Crippen LogP contribution >= 0.6 is 0 Å². The van der Waals surface area contributed by atoms with Gasteiger partial charge in [-0.15, -0.1) is 5.10 Å². The lowest BCUT2D eigenvalue weighted by Crippen LogP contribution is -2.37. The van der Waals surface area contributed by atoms with Crippen molar-refractivity contribution in [3.63, 3.8) is 0 Å². The summed E-state index contributed by atoms with van der Waals surface area (Å²) >= 11 is 0. The van der Waals surface area contributed by atoms with Gasteiger partial charge in [0.05, 0.1) is 12.7 Å². The number of carbonyl (C=O) groups excluding carboxylic acids is 1. The van der Waals surface area contributed by atoms with Gasteiger partial charge < -0.3 is 20.1 Å². The molecule has 0 aliphatic carbocycles. The highest BCUT2D eigenvalue weighted by atomic mass is 16.5. The summed E-state index contributed by atoms with van der Waals surface area (Å²) in [6.07, 6.45) is -0.599. The highest BCUT2D eigenvalue weighted by molar-refractivity contribution is 5.92. The van der Waals surface area contributed by atoms with Gasteiger partial charge in [-0.05, 0) is 21.0 Å². The zero-order valence-corrected chi connectivity index (χ0v) is 10.9. The van der Waals surface area contributed by atoms with Crippen molar-refractivity contribution in [2.45, 2.75) is 13.0 Å². The molecule has 1 amide bonds. The average molecular weight is 256 g/mol. The van der Waals surface area contributed by atoms with E-state index in [1.54, 1.807) is 0 Å². The second-order valence-corrected chi connectivity index (χ2v) is 4.18. The molecule has 1 atom stereocenters. The van der Waals surface area contributed by atoms with E-state index < -0.39 is 6.10 Å². The Morgan fingerprint density at radius 3 is 3.00 bits per heavy atom. The molecule has 0 aliphatic heterocycles. The van der Waals surface area contributed by atoms with Crippen molar-refractivity contribution in [1.29, 1.82) is 0 Å². The van der Waals surface area contributed by atoms with E-state index in [1.165, 1.54) is 6.07 Å². The summed E-state index contributed by atoms with van der Waals surface area (Å²) in [7, 11) is 3.71. The SMILES string of the molecule is CCOc1cc(C(=O)NCC(O)CN(C)C)[nH]n1. The average Bonchev–Trinajstić information content (AvgIpc) is 2.74. The molecular weight excluding hydrogens is 236 g/mol. The molecule has 0 aromatic carbocycles. The lowest BCUT2D eigenvalue weighted by Gasteiger charge is -2.15. The Morgan fingerprint density at radius 1 is 1.67 bits per heavy atom. The third-order valence-electron chi connectivity index (χ3n) is 2.17. The second kappa shape index (κ2) is 6.97. The van der Waals surface area contributed by atoms with Crippen LogP contribution < -0.4 is 10.1 Å². The summed E-state index contributed by atoms with van der Waals surface area (Å²) in [5, 5.41) is 18.6. The third kappa shape index (κ3) is 4.72. The monoisotopic (exact) mass is 256 g/mol. The Hall–Kier alpha value is -1.60. The number of aromatic nitrogens is 2. The number of hydrogen-bond donors (Lipinski definition) is 3. The number of aliphatic hydroxyl groups is 1. The molecule has 0 spiro atoms. The Balaban J connectivity index is 2.40. The van der Waals surface area contributed by atoms with Crippen molar-refractivity contribution in [3.8, 4) is 5.88 Å². The normalized spacial score (nSPS) is 12.5. The lowest BCUT2D eigenvalue weighted by molar-refractivity contribution is 0.0887. The van der Waals surface area contributed by atoms with E-state index in [1.807, 2.05) is 25.9 Å². The van der Waals surface area contributed by atoms with Gasteiger partial charge >= 0.3 is 0 Å². The summed E-state index contributed by atoms with van der Waals surface area (Å²) in [6.45, 7) is 3.02. The number of nitrogens with one attached hydrogen (secondary N) is 2. The largest absolute Gasteiger partial charge is 0.477 e. The maximum absolute atomic E-state index is 11.7. The van der Waals surface area contributed by atoms with E-state index in [2.05, 4.69) is 15.5 Å². The fraction of sp³-hybridized carbons (Fsp3) is 0.636. The van der Waals surface area contributed by atoms with E-state index in [4.69, 9.17) is 4.74 Å². The first-order valence-electron chi connectivity index (χ1n) is 5.82. The van der Waals surface area contributed by atoms with Gasteiger partial charge in [0.1, 0.15) is 5.69 Å². The topological polar surface area (TPSA) is 90.5 Å². The second-order valence-electron chi connectivity index (χ2n) is 4.18. The van der Waals surface area contributed by atoms with Gasteiger partial charge in [0.2, 0.25) is 5.88 Å². The van der Waals surface area contributed by atoms with E-state index >= 15 is 0 Å². The molecule has 1 rings (SSSR count). The van der Waals surface area contributed by atoms with Gasteiger partial charge in [0, 0.05) is 19.2 Å². The van der Waals surface area contributed by atoms with Gasteiger partial charge in [0.15, 0.2) is 0 Å². The molecule has 7 nitrogen and oxygen atoms in total. The van der Waals surface area contributed by atoms with Crippen LogP contribution in [0.25, 0.3) is 0 Å². The molecule has 0 bridgehead atoms. The number of likely N-dealkylation sites (N-methyl/N-ethyl adjacent to an activating group) is 1. The van der Waals surface area contributed by atoms with Crippen molar-refractivity contribution >= 4 is 5.91 Å². The molecule has 0 saturated carbocycles. The van der Waals surface area contributed by atoms with Crippen LogP contribution in [0.5, 0.6) is 5.88 Å². The van der Waals surface area contributed by atoms with Gasteiger partial charge in [-0.1, -0.05) is 0 Å². The molecule has 0 aliphatic rings. The fourth-order valence-electron chi connectivity index (χ4n) is 1.43. The Bertz CT molecular complexity index is 378. The lowest BCUT2D eigenvalue weighted by atomic mass is 10.3. The maximum Gasteiger partial charge on any atom is 0.269 e. The number of aliphatic hydroxyl groups excluding tert-OH is 1. The summed E-state index contributed by atoms with van der Waals surface area (Å²) < 4.78 is 5.14. The molecule has 102 valence electrons. The molecule has 1 unspecified atom stereocenters. The van der Waals surface area contributed by atoms with Crippen molar-refractivity contribution in [1.82, 2.24) is 20.4 Å². The first-order chi connectivity index (χ1) is 8.52. The van der Waals surface area contributed by atoms with Crippen LogP contribution in [0.4, 0.5) is 0 Å². The van der Waals surface area contributed by atoms with Gasteiger partial charge in [-0.3, -0.25) is 9.89 Å². The minimum atomic E-state index is -0.599. The quantitative estimate of drug-likeness (QED) is 0.609. The Kier molecular flexibility index (Phi) is 5.60. The molecule has 0 fully saturated rings. The van der Waals surface area contributed by atoms with E-state index in [0.717, 1.165) is 0 Å². The summed E-state index contributed by atoms with van der Waals surface area (Å²) in [6, 6.07) is 1.52. The maximum atomic E-state index is 11.7. The number of H-pyrrole nitrogens is 1. The highest BCUT2D eigenvalue weighted by Gasteiger charge is 2.12. The number of carbonyl (C=O) groups is 1. The number of rotatable bonds is 7. The van der Waals surface area contributed by atoms with Gasteiger partial charge in [0.25, 0.3) is 5.91 Å². The van der Waals surface area contributed by atoms with Crippen molar-refractivity contribution < 1.29 is 14.6 Å². The molecule has 18 heavy (non-hydrogen) atoms. The number of hydrogen-bond acceptors (Lipinski definition) is 5. The van der Waals surface area contributed by atoms with Crippen LogP contribution in [-0.2, 0) is 0 Å². The molecule has 7 heteroatoms. The predicted molar refractivity (Wildman–Crippen MR) is 66.7 cm³/mol. The van der Waals surface area contributed by atoms with Crippen LogP contribution in [0.3, 0.4) is 0 Å². The smallest absolute Gasteiger partial charge is 0.269 e. The minimum absolute atomic E-state index is 0.194. The molecular formula is C11H20N4O3. The van der Waals surface area contributed by atoms with Crippen molar-refractivity contribution in [2.24, 2.45) is 0 Å². The molecule has 1 aromatic heterocycles. The standard InChI is InChI=1S/C11H20N4O3/c1-4-18-10-5-9(13-14-10)11(17)12-6-8(16)7-15(2)3/h5,8,16H,4,6-7H2,1-3H3,(H,12,17)(H,13,14). The number of amides is 1. The molecule has 0 radical (unpaired) electrons. The van der Waals surface area contributed by atoms with Crippen LogP contribution in [0, 0.1) is 0 Å². The summed E-state index contributed by atoms with van der Waals surface area (Å²) in [4.78, 5) is 13.5. The van der Waals surface area contributed by atoms with E-state index in [0.29, 0.717) is 24.7 Å². The van der Waals surface area contributed by atoms with Crippen LogP contribution in [-0.4, -0.2) is 66.0 Å². The van der Waals surface area contributed by atoms with E-state index in [9.17, 15) is 9.90 Å². The first kappa shape index (κ1) is 14.5. The van der Waals surface area contributed by atoms with Crippen LogP contribution in [0.2, 0.25) is 0 Å². The zero-order valence-electron chi connectivity index (χ0n) is 10.9. The fourth-order valence-corrected chi connectivity index (χ4v) is 1.43. The summed E-state index contributed by atoms with van der Waals surface area (Å²) in [5.41, 5.74) is 0.315. The van der Waals surface area contributed by atoms with Crippen LogP contribution in [0.1, 0.15) is 17.4 Å². The van der Waals surface area contributed by atoms with Gasteiger partial charge in [-0.25, -0.2) is 0 Å². The van der Waals surface area contributed by atoms with Gasteiger partial charge in [-0.2, -0.15) is 0 Å². The number of aromatic amines is 1. The van der Waals surface area contributed by atoms with Crippen molar-refractivity contribution in [3.05, 3.63) is 11.8 Å². The zero-order chi connectivity index (χ0) is 13.5. The predicted octanol–water partition coefficient (Wildman–Crippen LogP) is -0.539. The van der Waals surface area contributed by atoms with Crippen LogP contribution in [0.15, 0.2) is 6.07 Å². The number of nitrogens with zero attached hydrogens (tertiary/aromatic N) is 2. The number of ether oxygens (including phenoxy) is 1. The third-order valence-corrected chi connectivity index (χ3v) is 2.17. The minimum Gasteiger partial charge on any atom is -0.477 e. The summed E-state index contributed by atoms with van der Waals surface area (Å²) in [5.74, 6) is 0.0720. The Morgan fingerprint density at radius 2 is 2.39 bits per heavy atom. The highest BCUT2D eigenvalue weighted by Crippen LogP contribution is 2.07. The molecule has 3 N–H and O–H groups in total.